The van der Waals surface area contributed by atoms with E-state index in [0.717, 1.165) is 18.4 Å². The number of aliphatic imine (C=N–C) groups is 1. The molecule has 0 radical (unpaired) electrons. The predicted molar refractivity (Wildman–Crippen MR) is 47.6 cm³/mol. The zero-order valence-electron chi connectivity index (χ0n) is 7.58. The van der Waals surface area contributed by atoms with E-state index in [1.807, 2.05) is 11.7 Å². The lowest BCUT2D eigenvalue weighted by molar-refractivity contribution is 0.565. The molecular weight excluding hydrogens is 166 g/mol. The molecule has 0 aliphatic heterocycles. The number of aromatic nitrogens is 2. The smallest absolute Gasteiger partial charge is 0.242 e. The summed E-state index contributed by atoms with van der Waals surface area (Å²) in [5, 5.41) is 4.17. The fourth-order valence-corrected chi connectivity index (χ4v) is 1.88. The van der Waals surface area contributed by atoms with Crippen LogP contribution in [-0.2, 0) is 24.7 Å². The van der Waals surface area contributed by atoms with Crippen molar-refractivity contribution >= 4 is 11.9 Å². The highest BCUT2D eigenvalue weighted by Crippen LogP contribution is 2.28. The van der Waals surface area contributed by atoms with E-state index >= 15 is 0 Å². The molecule has 0 saturated carbocycles. The molecule has 1 heterocycles. The largest absolute Gasteiger partial charge is 0.270 e. The summed E-state index contributed by atoms with van der Waals surface area (Å²) in [7, 11) is 1.90. The lowest BCUT2D eigenvalue weighted by Gasteiger charge is -2.10. The molecular formula is C9H11N3O. The Bertz CT molecular complexity index is 374. The van der Waals surface area contributed by atoms with Crippen molar-refractivity contribution in [2.75, 3.05) is 0 Å². The third-order valence-electron chi connectivity index (χ3n) is 2.50. The minimum atomic E-state index is 0.562. The second kappa shape index (κ2) is 3.15. The quantitative estimate of drug-likeness (QED) is 0.479. The minimum Gasteiger partial charge on any atom is -0.270 e. The van der Waals surface area contributed by atoms with Crippen molar-refractivity contribution in [1.82, 2.24) is 9.78 Å². The average Bonchev–Trinajstić information content (AvgIpc) is 2.46. The Morgan fingerprint density at radius 3 is 3.00 bits per heavy atom. The molecule has 2 rings (SSSR count). The molecule has 1 aliphatic rings. The van der Waals surface area contributed by atoms with Crippen LogP contribution < -0.4 is 0 Å². The van der Waals surface area contributed by atoms with Gasteiger partial charge in [0.1, 0.15) is 0 Å². The van der Waals surface area contributed by atoms with Crippen LogP contribution >= 0.6 is 0 Å². The fraction of sp³-hybridized carbons (Fsp3) is 0.556. The van der Waals surface area contributed by atoms with Gasteiger partial charge in [-0.1, -0.05) is 0 Å². The van der Waals surface area contributed by atoms with E-state index in [4.69, 9.17) is 0 Å². The minimum absolute atomic E-state index is 0.562. The molecule has 0 fully saturated rings. The van der Waals surface area contributed by atoms with Gasteiger partial charge in [0.2, 0.25) is 6.08 Å². The molecule has 68 valence electrons. The van der Waals surface area contributed by atoms with Crippen molar-refractivity contribution < 1.29 is 4.79 Å². The summed E-state index contributed by atoms with van der Waals surface area (Å²) in [6, 6.07) is 0. The molecule has 0 unspecified atom stereocenters. The number of isocyanates is 1. The van der Waals surface area contributed by atoms with Gasteiger partial charge in [-0.25, -0.2) is 4.79 Å². The van der Waals surface area contributed by atoms with E-state index in [1.165, 1.54) is 18.5 Å². The second-order valence-corrected chi connectivity index (χ2v) is 3.28. The highest BCUT2D eigenvalue weighted by atomic mass is 16.1. The first kappa shape index (κ1) is 8.20. The fourth-order valence-electron chi connectivity index (χ4n) is 1.88. The Balaban J connectivity index is 2.53. The van der Waals surface area contributed by atoms with Crippen molar-refractivity contribution in [1.29, 1.82) is 0 Å². The molecule has 1 aromatic rings. The molecule has 4 nitrogen and oxygen atoms in total. The van der Waals surface area contributed by atoms with E-state index in [9.17, 15) is 4.79 Å². The predicted octanol–water partition coefficient (Wildman–Crippen LogP) is 1.27. The molecule has 0 spiro atoms. The monoisotopic (exact) mass is 177 g/mol. The highest BCUT2D eigenvalue weighted by Gasteiger charge is 2.18. The van der Waals surface area contributed by atoms with Gasteiger partial charge in [0, 0.05) is 18.3 Å². The Kier molecular flexibility index (Phi) is 1.99. The molecule has 1 aromatic heterocycles. The zero-order chi connectivity index (χ0) is 9.26. The van der Waals surface area contributed by atoms with E-state index < -0.39 is 0 Å². The average molecular weight is 177 g/mol. The molecule has 0 atom stereocenters. The third kappa shape index (κ3) is 1.29. The van der Waals surface area contributed by atoms with Crippen molar-refractivity contribution in [2.24, 2.45) is 12.0 Å². The third-order valence-corrected chi connectivity index (χ3v) is 2.50. The lowest BCUT2D eigenvalue weighted by atomic mass is 9.97. The first-order valence-electron chi connectivity index (χ1n) is 4.45. The second-order valence-electron chi connectivity index (χ2n) is 3.28. The number of carbonyl (C=O) groups excluding carboxylic acids is 1. The SMILES string of the molecule is Cn1nc(N=C=O)c2c1CCCC2. The topological polar surface area (TPSA) is 47.2 Å². The normalized spacial score (nSPS) is 14.8. The standard InChI is InChI=1S/C9H11N3O/c1-12-8-5-3-2-4-7(8)9(11-12)10-6-13/h2-5H2,1H3. The molecule has 4 heteroatoms. The van der Waals surface area contributed by atoms with E-state index in [-0.39, 0.29) is 0 Å². The Morgan fingerprint density at radius 1 is 1.46 bits per heavy atom. The molecule has 0 N–H and O–H groups in total. The van der Waals surface area contributed by atoms with Crippen LogP contribution in [0, 0.1) is 0 Å². The number of nitrogens with zero attached hydrogens (tertiary/aromatic N) is 3. The van der Waals surface area contributed by atoms with Crippen LogP contribution in [0.25, 0.3) is 0 Å². The number of hydrogen-bond donors (Lipinski definition) is 0. The number of rotatable bonds is 1. The van der Waals surface area contributed by atoms with Crippen molar-refractivity contribution in [2.45, 2.75) is 25.7 Å². The first-order chi connectivity index (χ1) is 6.33. The van der Waals surface area contributed by atoms with Gasteiger partial charge >= 0.3 is 0 Å². The van der Waals surface area contributed by atoms with Crippen LogP contribution in [0.2, 0.25) is 0 Å². The Labute approximate surface area is 76.3 Å². The van der Waals surface area contributed by atoms with E-state index in [1.54, 1.807) is 6.08 Å². The summed E-state index contributed by atoms with van der Waals surface area (Å²) in [5.74, 6) is 0.562. The van der Waals surface area contributed by atoms with E-state index in [0.29, 0.717) is 5.82 Å². The highest BCUT2D eigenvalue weighted by molar-refractivity contribution is 5.51. The zero-order valence-corrected chi connectivity index (χ0v) is 7.58. The summed E-state index contributed by atoms with van der Waals surface area (Å²) in [4.78, 5) is 13.7. The van der Waals surface area contributed by atoms with Crippen molar-refractivity contribution in [3.05, 3.63) is 11.3 Å². The molecule has 13 heavy (non-hydrogen) atoms. The van der Waals surface area contributed by atoms with Gasteiger partial charge in [-0.3, -0.25) is 4.68 Å². The van der Waals surface area contributed by atoms with Crippen LogP contribution in [-0.4, -0.2) is 15.9 Å². The van der Waals surface area contributed by atoms with Gasteiger partial charge in [0.15, 0.2) is 5.82 Å². The molecule has 0 aromatic carbocycles. The summed E-state index contributed by atoms with van der Waals surface area (Å²) in [5.41, 5.74) is 2.36. The van der Waals surface area contributed by atoms with Gasteiger partial charge in [0.05, 0.1) is 0 Å². The van der Waals surface area contributed by atoms with Gasteiger partial charge in [0.25, 0.3) is 0 Å². The summed E-state index contributed by atoms with van der Waals surface area (Å²) in [6.07, 6.45) is 5.96. The van der Waals surface area contributed by atoms with Gasteiger partial charge in [-0.05, 0) is 25.7 Å². The van der Waals surface area contributed by atoms with Gasteiger partial charge < -0.3 is 0 Å². The maximum Gasteiger partial charge on any atom is 0.242 e. The Morgan fingerprint density at radius 2 is 2.23 bits per heavy atom. The lowest BCUT2D eigenvalue weighted by Crippen LogP contribution is -2.05. The Hall–Kier alpha value is -1.41. The molecule has 0 bridgehead atoms. The molecule has 1 aliphatic carbocycles. The molecule has 0 amide bonds. The number of fused-ring (bicyclic) bond motifs is 1. The summed E-state index contributed by atoms with van der Waals surface area (Å²) < 4.78 is 1.82. The van der Waals surface area contributed by atoms with Crippen LogP contribution in [0.1, 0.15) is 24.1 Å². The van der Waals surface area contributed by atoms with Crippen LogP contribution in [0.5, 0.6) is 0 Å². The van der Waals surface area contributed by atoms with Crippen LogP contribution in [0.15, 0.2) is 4.99 Å². The maximum absolute atomic E-state index is 10.1. The number of hydrogen-bond acceptors (Lipinski definition) is 3. The molecule has 0 saturated heterocycles. The van der Waals surface area contributed by atoms with Crippen molar-refractivity contribution in [3.8, 4) is 0 Å². The van der Waals surface area contributed by atoms with Crippen molar-refractivity contribution in [3.63, 3.8) is 0 Å². The number of aryl methyl sites for hydroxylation is 1. The summed E-state index contributed by atoms with van der Waals surface area (Å²) >= 11 is 0. The van der Waals surface area contributed by atoms with E-state index in [2.05, 4.69) is 10.1 Å². The first-order valence-corrected chi connectivity index (χ1v) is 4.45. The summed E-state index contributed by atoms with van der Waals surface area (Å²) in [6.45, 7) is 0. The maximum atomic E-state index is 10.1. The van der Waals surface area contributed by atoms with Crippen LogP contribution in [0.3, 0.4) is 0 Å². The van der Waals surface area contributed by atoms with Crippen LogP contribution in [0.4, 0.5) is 5.82 Å². The van der Waals surface area contributed by atoms with Gasteiger partial charge in [-0.15, -0.1) is 4.99 Å². The van der Waals surface area contributed by atoms with Gasteiger partial charge in [-0.2, -0.15) is 5.10 Å².